The van der Waals surface area contributed by atoms with E-state index in [0.717, 1.165) is 16.7 Å². The third kappa shape index (κ3) is 5.15. The van der Waals surface area contributed by atoms with Crippen LogP contribution in [0.25, 0.3) is 11.1 Å². The molecule has 0 heterocycles. The van der Waals surface area contributed by atoms with Gasteiger partial charge in [-0.05, 0) is 41.8 Å². The summed E-state index contributed by atoms with van der Waals surface area (Å²) >= 11 is 0. The third-order valence-electron chi connectivity index (χ3n) is 4.64. The summed E-state index contributed by atoms with van der Waals surface area (Å²) in [7, 11) is -3.76. The second kappa shape index (κ2) is 9.40. The van der Waals surface area contributed by atoms with Crippen molar-refractivity contribution < 1.29 is 13.2 Å². The number of terminal acetylenes is 1. The number of sulfonamides is 1. The Morgan fingerprint density at radius 1 is 0.967 bits per heavy atom. The lowest BCUT2D eigenvalue weighted by atomic mass is 10.0. The lowest BCUT2D eigenvalue weighted by Crippen LogP contribution is -2.27. The predicted octanol–water partition coefficient (Wildman–Crippen LogP) is 3.76. The summed E-state index contributed by atoms with van der Waals surface area (Å²) in [6.07, 6.45) is 5.10. The molecule has 0 saturated heterocycles. The van der Waals surface area contributed by atoms with Gasteiger partial charge in [0.1, 0.15) is 0 Å². The van der Waals surface area contributed by atoms with E-state index < -0.39 is 10.0 Å². The van der Waals surface area contributed by atoms with Gasteiger partial charge in [-0.25, -0.2) is 8.42 Å². The lowest BCUT2D eigenvalue weighted by molar-refractivity contribution is 0.0939. The van der Waals surface area contributed by atoms with Gasteiger partial charge in [0.2, 0.25) is 10.0 Å². The number of hydrogen-bond donors (Lipinski definition) is 2. The standard InChI is InChI=1S/C24H22N2O3S/c1-3-16-25-30(28,29)23-11-7-10-22(17-23)24(27)26-18(2)19-12-14-21(15-13-19)20-8-5-4-6-9-20/h1,4-15,17-18,25H,16H2,2H3,(H,26,27)/t18-/m0/s1. The zero-order chi connectivity index (χ0) is 21.6. The Morgan fingerprint density at radius 3 is 2.30 bits per heavy atom. The number of carbonyl (C=O) groups excluding carboxylic acids is 1. The van der Waals surface area contributed by atoms with Gasteiger partial charge >= 0.3 is 0 Å². The van der Waals surface area contributed by atoms with Crippen LogP contribution < -0.4 is 10.0 Å². The Labute approximate surface area is 177 Å². The minimum absolute atomic E-state index is 0.00901. The first-order valence-electron chi connectivity index (χ1n) is 9.40. The first kappa shape index (κ1) is 21.3. The number of carbonyl (C=O) groups is 1. The number of amides is 1. The minimum Gasteiger partial charge on any atom is -0.346 e. The van der Waals surface area contributed by atoms with Gasteiger partial charge in [-0.3, -0.25) is 4.79 Å². The molecule has 0 aliphatic carbocycles. The largest absolute Gasteiger partial charge is 0.346 e. The number of hydrogen-bond acceptors (Lipinski definition) is 3. The lowest BCUT2D eigenvalue weighted by Gasteiger charge is -2.15. The molecule has 3 aromatic carbocycles. The van der Waals surface area contributed by atoms with Crippen LogP contribution in [-0.2, 0) is 10.0 Å². The maximum atomic E-state index is 12.7. The highest BCUT2D eigenvalue weighted by atomic mass is 32.2. The SMILES string of the molecule is C#CCNS(=O)(=O)c1cccc(C(=O)N[C@@H](C)c2ccc(-c3ccccc3)cc2)c1. The molecule has 30 heavy (non-hydrogen) atoms. The van der Waals surface area contributed by atoms with Gasteiger partial charge in [0.05, 0.1) is 17.5 Å². The molecule has 1 atom stereocenters. The van der Waals surface area contributed by atoms with Gasteiger partial charge in [-0.15, -0.1) is 6.42 Å². The Hall–Kier alpha value is -3.40. The van der Waals surface area contributed by atoms with Crippen LogP contribution in [-0.4, -0.2) is 20.9 Å². The van der Waals surface area contributed by atoms with Crippen LogP contribution in [0.5, 0.6) is 0 Å². The summed E-state index contributed by atoms with van der Waals surface area (Å²) in [4.78, 5) is 12.6. The van der Waals surface area contributed by atoms with Gasteiger partial charge in [-0.1, -0.05) is 66.6 Å². The molecule has 2 N–H and O–H groups in total. The van der Waals surface area contributed by atoms with Crippen LogP contribution in [0.3, 0.4) is 0 Å². The summed E-state index contributed by atoms with van der Waals surface area (Å²) in [5, 5.41) is 2.91. The van der Waals surface area contributed by atoms with Crippen molar-refractivity contribution >= 4 is 15.9 Å². The van der Waals surface area contributed by atoms with Gasteiger partial charge in [0.25, 0.3) is 5.91 Å². The minimum atomic E-state index is -3.76. The molecule has 1 amide bonds. The predicted molar refractivity (Wildman–Crippen MR) is 118 cm³/mol. The van der Waals surface area contributed by atoms with Crippen molar-refractivity contribution in [3.05, 3.63) is 90.0 Å². The zero-order valence-electron chi connectivity index (χ0n) is 16.5. The molecule has 5 nitrogen and oxygen atoms in total. The molecule has 0 aliphatic heterocycles. The van der Waals surface area contributed by atoms with Crippen molar-refractivity contribution in [2.45, 2.75) is 17.9 Å². The second-order valence-corrected chi connectivity index (χ2v) is 8.51. The third-order valence-corrected chi connectivity index (χ3v) is 6.04. The maximum absolute atomic E-state index is 12.7. The average molecular weight is 419 g/mol. The van der Waals surface area contributed by atoms with E-state index in [1.54, 1.807) is 6.07 Å². The van der Waals surface area contributed by atoms with Crippen molar-refractivity contribution in [1.29, 1.82) is 0 Å². The Kier molecular flexibility index (Phi) is 6.68. The first-order chi connectivity index (χ1) is 14.4. The molecule has 0 spiro atoms. The number of benzene rings is 3. The molecule has 0 saturated carbocycles. The Morgan fingerprint density at radius 2 is 1.63 bits per heavy atom. The van der Waals surface area contributed by atoms with Crippen LogP contribution in [0.2, 0.25) is 0 Å². The van der Waals surface area contributed by atoms with E-state index in [1.807, 2.05) is 61.5 Å². The fourth-order valence-electron chi connectivity index (χ4n) is 2.98. The summed E-state index contributed by atoms with van der Waals surface area (Å²) in [5.41, 5.74) is 3.42. The molecular formula is C24H22N2O3S. The summed E-state index contributed by atoms with van der Waals surface area (Å²) in [6.45, 7) is 1.76. The van der Waals surface area contributed by atoms with Crippen LogP contribution >= 0.6 is 0 Å². The zero-order valence-corrected chi connectivity index (χ0v) is 17.3. The van der Waals surface area contributed by atoms with Crippen molar-refractivity contribution in [3.8, 4) is 23.5 Å². The highest BCUT2D eigenvalue weighted by molar-refractivity contribution is 7.89. The molecule has 0 bridgehead atoms. The molecule has 0 fully saturated rings. The molecular weight excluding hydrogens is 396 g/mol. The van der Waals surface area contributed by atoms with Crippen LogP contribution in [0.4, 0.5) is 0 Å². The quantitative estimate of drug-likeness (QED) is 0.574. The maximum Gasteiger partial charge on any atom is 0.251 e. The van der Waals surface area contributed by atoms with Crippen molar-refractivity contribution in [2.75, 3.05) is 6.54 Å². The van der Waals surface area contributed by atoms with Gasteiger partial charge < -0.3 is 5.32 Å². The smallest absolute Gasteiger partial charge is 0.251 e. The number of rotatable bonds is 7. The fraction of sp³-hybridized carbons (Fsp3) is 0.125. The van der Waals surface area contributed by atoms with Gasteiger partial charge in [0.15, 0.2) is 0 Å². The van der Waals surface area contributed by atoms with E-state index in [0.29, 0.717) is 0 Å². The summed E-state index contributed by atoms with van der Waals surface area (Å²) < 4.78 is 26.7. The molecule has 3 aromatic rings. The van der Waals surface area contributed by atoms with E-state index in [-0.39, 0.29) is 29.0 Å². The molecule has 0 unspecified atom stereocenters. The van der Waals surface area contributed by atoms with Gasteiger partial charge in [-0.2, -0.15) is 4.72 Å². The molecule has 0 aliphatic rings. The van der Waals surface area contributed by atoms with Crippen molar-refractivity contribution in [3.63, 3.8) is 0 Å². The highest BCUT2D eigenvalue weighted by Gasteiger charge is 2.17. The van der Waals surface area contributed by atoms with Crippen molar-refractivity contribution in [1.82, 2.24) is 10.0 Å². The van der Waals surface area contributed by atoms with Crippen LogP contribution in [0, 0.1) is 12.3 Å². The normalized spacial score (nSPS) is 12.0. The number of nitrogens with one attached hydrogen (secondary N) is 2. The Bertz CT molecular complexity index is 1170. The Balaban J connectivity index is 1.72. The van der Waals surface area contributed by atoms with E-state index in [1.165, 1.54) is 18.2 Å². The topological polar surface area (TPSA) is 75.3 Å². The monoisotopic (exact) mass is 418 g/mol. The summed E-state index contributed by atoms with van der Waals surface area (Å²) in [5.74, 6) is 1.86. The van der Waals surface area contributed by atoms with E-state index >= 15 is 0 Å². The van der Waals surface area contributed by atoms with Crippen molar-refractivity contribution in [2.24, 2.45) is 0 Å². The molecule has 3 rings (SSSR count). The van der Waals surface area contributed by atoms with E-state index in [9.17, 15) is 13.2 Å². The first-order valence-corrected chi connectivity index (χ1v) is 10.9. The van der Waals surface area contributed by atoms with E-state index in [4.69, 9.17) is 6.42 Å². The highest BCUT2D eigenvalue weighted by Crippen LogP contribution is 2.22. The van der Waals surface area contributed by atoms with E-state index in [2.05, 4.69) is 16.0 Å². The molecule has 0 radical (unpaired) electrons. The van der Waals surface area contributed by atoms with Crippen LogP contribution in [0.15, 0.2) is 83.8 Å². The molecule has 0 aromatic heterocycles. The second-order valence-electron chi connectivity index (χ2n) is 6.74. The van der Waals surface area contributed by atoms with Gasteiger partial charge in [0, 0.05) is 5.56 Å². The summed E-state index contributed by atoms with van der Waals surface area (Å²) in [6, 6.07) is 23.6. The molecule has 152 valence electrons. The average Bonchev–Trinajstić information content (AvgIpc) is 2.78. The molecule has 6 heteroatoms. The van der Waals surface area contributed by atoms with Crippen LogP contribution in [0.1, 0.15) is 28.9 Å². The fourth-order valence-corrected chi connectivity index (χ4v) is 3.96.